The van der Waals surface area contributed by atoms with Crippen LogP contribution in [-0.4, -0.2) is 20.5 Å². The highest BCUT2D eigenvalue weighted by molar-refractivity contribution is 6.31. The Kier molecular flexibility index (Phi) is 5.17. The molecule has 0 radical (unpaired) electrons. The first kappa shape index (κ1) is 21.2. The van der Waals surface area contributed by atoms with Crippen LogP contribution in [0.4, 0.5) is 19.1 Å². The summed E-state index contributed by atoms with van der Waals surface area (Å²) in [5, 5.41) is 15.6. The van der Waals surface area contributed by atoms with E-state index in [9.17, 15) is 13.2 Å². The van der Waals surface area contributed by atoms with Gasteiger partial charge in [-0.05, 0) is 42.8 Å². The highest BCUT2D eigenvalue weighted by Crippen LogP contribution is 2.33. The van der Waals surface area contributed by atoms with Crippen molar-refractivity contribution in [2.24, 2.45) is 5.10 Å². The summed E-state index contributed by atoms with van der Waals surface area (Å²) in [5.74, 6) is 1.11. The lowest BCUT2D eigenvalue weighted by atomic mass is 10.0. The van der Waals surface area contributed by atoms with E-state index in [1.165, 1.54) is 12.1 Å². The molecular formula is C24H17ClF3N5. The summed E-state index contributed by atoms with van der Waals surface area (Å²) in [7, 11) is 0. The number of hydrogen-bond donors (Lipinski definition) is 0. The van der Waals surface area contributed by atoms with Gasteiger partial charge in [-0.2, -0.15) is 18.3 Å². The van der Waals surface area contributed by atoms with Crippen LogP contribution in [0.25, 0.3) is 5.69 Å². The van der Waals surface area contributed by atoms with E-state index in [0.717, 1.165) is 28.9 Å². The van der Waals surface area contributed by atoms with Gasteiger partial charge in [-0.3, -0.25) is 4.57 Å². The van der Waals surface area contributed by atoms with Gasteiger partial charge >= 0.3 is 6.18 Å². The number of halogens is 4. The Hall–Kier alpha value is -3.65. The smallest absolute Gasteiger partial charge is 0.263 e. The second-order valence-electron chi connectivity index (χ2n) is 7.61. The van der Waals surface area contributed by atoms with Gasteiger partial charge in [-0.1, -0.05) is 54.1 Å². The van der Waals surface area contributed by atoms with E-state index in [4.69, 9.17) is 16.7 Å². The molecule has 0 saturated carbocycles. The summed E-state index contributed by atoms with van der Waals surface area (Å²) in [6.45, 7) is 2.03. The zero-order valence-electron chi connectivity index (χ0n) is 17.4. The minimum atomic E-state index is -4.39. The Morgan fingerprint density at radius 2 is 1.64 bits per heavy atom. The molecule has 0 N–H and O–H groups in total. The molecular weight excluding hydrogens is 451 g/mol. The quantitative estimate of drug-likeness (QED) is 0.370. The Morgan fingerprint density at radius 1 is 0.909 bits per heavy atom. The molecule has 5 rings (SSSR count). The van der Waals surface area contributed by atoms with Gasteiger partial charge in [0.25, 0.3) is 5.95 Å². The second kappa shape index (κ2) is 8.04. The molecule has 2 heterocycles. The molecule has 1 aliphatic rings. The van der Waals surface area contributed by atoms with Crippen LogP contribution in [0, 0.1) is 6.92 Å². The van der Waals surface area contributed by atoms with Crippen molar-refractivity contribution in [1.82, 2.24) is 14.8 Å². The maximum Gasteiger partial charge on any atom is 0.416 e. The van der Waals surface area contributed by atoms with Crippen LogP contribution in [0.2, 0.25) is 5.02 Å². The van der Waals surface area contributed by atoms with Crippen molar-refractivity contribution >= 4 is 23.3 Å². The highest BCUT2D eigenvalue weighted by Gasteiger charge is 2.30. The third-order valence-electron chi connectivity index (χ3n) is 5.37. The van der Waals surface area contributed by atoms with Crippen molar-refractivity contribution in [2.45, 2.75) is 19.6 Å². The van der Waals surface area contributed by atoms with Crippen molar-refractivity contribution < 1.29 is 13.2 Å². The van der Waals surface area contributed by atoms with E-state index in [2.05, 4.69) is 10.2 Å². The van der Waals surface area contributed by atoms with Gasteiger partial charge in [-0.15, -0.1) is 10.2 Å². The Labute approximate surface area is 192 Å². The van der Waals surface area contributed by atoms with Gasteiger partial charge in [0.2, 0.25) is 0 Å². The number of hydrazone groups is 1. The molecule has 0 bridgehead atoms. The van der Waals surface area contributed by atoms with Crippen LogP contribution in [0.3, 0.4) is 0 Å². The van der Waals surface area contributed by atoms with E-state index < -0.39 is 11.7 Å². The van der Waals surface area contributed by atoms with Crippen molar-refractivity contribution in [2.75, 3.05) is 5.01 Å². The fraction of sp³-hybridized carbons (Fsp3) is 0.125. The summed E-state index contributed by atoms with van der Waals surface area (Å²) in [6, 6.07) is 20.2. The number of aryl methyl sites for hydroxylation is 1. The van der Waals surface area contributed by atoms with Crippen LogP contribution >= 0.6 is 11.6 Å². The molecule has 0 saturated heterocycles. The van der Waals surface area contributed by atoms with Gasteiger partial charge in [0.05, 0.1) is 17.8 Å². The number of aromatic nitrogens is 3. The third-order valence-corrected chi connectivity index (χ3v) is 5.61. The number of anilines is 1. The van der Waals surface area contributed by atoms with Crippen LogP contribution < -0.4 is 5.01 Å². The molecule has 4 aromatic rings. The lowest BCUT2D eigenvalue weighted by Crippen LogP contribution is -2.20. The van der Waals surface area contributed by atoms with Gasteiger partial charge in [0.15, 0.2) is 0 Å². The number of rotatable bonds is 3. The first-order valence-electron chi connectivity index (χ1n) is 10.1. The summed E-state index contributed by atoms with van der Waals surface area (Å²) >= 11 is 6.34. The Bertz CT molecular complexity index is 1350. The minimum absolute atomic E-state index is 0.203. The molecule has 0 unspecified atom stereocenters. The van der Waals surface area contributed by atoms with E-state index in [1.807, 2.05) is 54.0 Å². The average Bonchev–Trinajstić information content (AvgIpc) is 3.12. The standard InChI is InChI=1S/C24H17ClF3N5/c1-15-29-30-23-32(14-16-7-9-18(10-8-16)24(26,27)28)31-22(17-5-3-2-4-6-17)20-13-19(25)11-12-21(20)33(15)23/h2-13H,14H2,1H3. The predicted octanol–water partition coefficient (Wildman–Crippen LogP) is 6.02. The van der Waals surface area contributed by atoms with E-state index in [1.54, 1.807) is 11.1 Å². The maximum atomic E-state index is 13.0. The largest absolute Gasteiger partial charge is 0.416 e. The molecule has 166 valence electrons. The molecule has 0 aliphatic carbocycles. The zero-order chi connectivity index (χ0) is 23.2. The molecule has 0 atom stereocenters. The van der Waals surface area contributed by atoms with E-state index >= 15 is 0 Å². The average molecular weight is 468 g/mol. The SMILES string of the molecule is Cc1nnc2n1-c1ccc(Cl)cc1C(c1ccccc1)=NN2Cc1ccc(C(F)(F)F)cc1. The Morgan fingerprint density at radius 3 is 2.33 bits per heavy atom. The molecule has 1 aliphatic heterocycles. The first-order chi connectivity index (χ1) is 15.8. The topological polar surface area (TPSA) is 46.3 Å². The summed E-state index contributed by atoms with van der Waals surface area (Å²) < 4.78 is 40.8. The second-order valence-corrected chi connectivity index (χ2v) is 8.05. The molecule has 1 aromatic heterocycles. The van der Waals surface area contributed by atoms with Crippen LogP contribution in [0.5, 0.6) is 0 Å². The maximum absolute atomic E-state index is 13.0. The normalized spacial score (nSPS) is 13.2. The lowest BCUT2D eigenvalue weighted by Gasteiger charge is -2.18. The monoisotopic (exact) mass is 467 g/mol. The first-order valence-corrected chi connectivity index (χ1v) is 10.5. The van der Waals surface area contributed by atoms with Crippen molar-refractivity contribution in [3.8, 4) is 5.69 Å². The minimum Gasteiger partial charge on any atom is -0.263 e. The molecule has 5 nitrogen and oxygen atoms in total. The molecule has 0 fully saturated rings. The number of benzene rings is 3. The van der Waals surface area contributed by atoms with Crippen LogP contribution in [0.1, 0.15) is 28.1 Å². The number of nitrogens with zero attached hydrogens (tertiary/aromatic N) is 5. The van der Waals surface area contributed by atoms with Gasteiger partial charge in [0, 0.05) is 16.1 Å². The summed E-state index contributed by atoms with van der Waals surface area (Å²) in [6.07, 6.45) is -4.39. The van der Waals surface area contributed by atoms with Gasteiger partial charge in [-0.25, -0.2) is 5.01 Å². The van der Waals surface area contributed by atoms with Crippen LogP contribution in [0.15, 0.2) is 77.9 Å². The summed E-state index contributed by atoms with van der Waals surface area (Å²) in [5.41, 5.74) is 3.11. The lowest BCUT2D eigenvalue weighted by molar-refractivity contribution is -0.137. The molecule has 0 spiro atoms. The van der Waals surface area contributed by atoms with Gasteiger partial charge < -0.3 is 0 Å². The number of fused-ring (bicyclic) bond motifs is 3. The van der Waals surface area contributed by atoms with Crippen molar-refractivity contribution in [3.05, 3.63) is 106 Å². The highest BCUT2D eigenvalue weighted by atomic mass is 35.5. The van der Waals surface area contributed by atoms with E-state index in [0.29, 0.717) is 28.1 Å². The Balaban J connectivity index is 1.66. The molecule has 9 heteroatoms. The van der Waals surface area contributed by atoms with E-state index in [-0.39, 0.29) is 6.54 Å². The molecule has 3 aromatic carbocycles. The fourth-order valence-electron chi connectivity index (χ4n) is 3.80. The van der Waals surface area contributed by atoms with Crippen molar-refractivity contribution in [1.29, 1.82) is 0 Å². The van der Waals surface area contributed by atoms with Gasteiger partial charge in [0.1, 0.15) is 11.5 Å². The van der Waals surface area contributed by atoms with Crippen molar-refractivity contribution in [3.63, 3.8) is 0 Å². The fourth-order valence-corrected chi connectivity index (χ4v) is 3.97. The third kappa shape index (κ3) is 3.98. The summed E-state index contributed by atoms with van der Waals surface area (Å²) in [4.78, 5) is 0. The number of hydrogen-bond acceptors (Lipinski definition) is 4. The zero-order valence-corrected chi connectivity index (χ0v) is 18.1. The number of alkyl halides is 3. The predicted molar refractivity (Wildman–Crippen MR) is 121 cm³/mol. The molecule has 0 amide bonds. The van der Waals surface area contributed by atoms with Crippen LogP contribution in [-0.2, 0) is 12.7 Å². The molecule has 33 heavy (non-hydrogen) atoms.